The number of nitrogens with two attached hydrogens (primary N) is 1. The lowest BCUT2D eigenvalue weighted by molar-refractivity contribution is -0.122. The van der Waals surface area contributed by atoms with Gasteiger partial charge in [0.1, 0.15) is 12.5 Å². The Hall–Kier alpha value is -1.59. The van der Waals surface area contributed by atoms with Crippen LogP contribution in [0.2, 0.25) is 0 Å². The maximum absolute atomic E-state index is 12.0. The predicted molar refractivity (Wildman–Crippen MR) is 84.8 cm³/mol. The van der Waals surface area contributed by atoms with Gasteiger partial charge in [-0.15, -0.1) is 0 Å². The molecule has 0 bridgehead atoms. The van der Waals surface area contributed by atoms with E-state index >= 15 is 0 Å². The third-order valence-corrected chi connectivity index (χ3v) is 4.73. The van der Waals surface area contributed by atoms with Gasteiger partial charge in [-0.1, -0.05) is 25.3 Å². The summed E-state index contributed by atoms with van der Waals surface area (Å²) in [4.78, 5) is 13.6. The molecular weight excluding hydrogens is 280 g/mol. The highest BCUT2D eigenvalue weighted by molar-refractivity contribution is 5.97. The van der Waals surface area contributed by atoms with Gasteiger partial charge in [0.15, 0.2) is 6.61 Å². The van der Waals surface area contributed by atoms with Crippen LogP contribution in [0, 0.1) is 5.92 Å². The third kappa shape index (κ3) is 2.96. The molecule has 1 saturated carbocycles. The Balaban J connectivity index is 1.86. The molecule has 2 N–H and O–H groups in total. The number of anilines is 1. The number of ether oxygens (including phenoxy) is 2. The summed E-state index contributed by atoms with van der Waals surface area (Å²) >= 11 is 0. The Kier molecular flexibility index (Phi) is 4.64. The molecule has 2 aliphatic rings. The number of carbonyl (C=O) groups excluding carboxylic acids is 1. The lowest BCUT2D eigenvalue weighted by atomic mass is 9.81. The van der Waals surface area contributed by atoms with Crippen molar-refractivity contribution in [2.75, 3.05) is 25.3 Å². The summed E-state index contributed by atoms with van der Waals surface area (Å²) in [6.07, 6.45) is 6.23. The van der Waals surface area contributed by atoms with Crippen molar-refractivity contribution in [2.24, 2.45) is 11.7 Å². The Bertz CT molecular complexity index is 541. The summed E-state index contributed by atoms with van der Waals surface area (Å²) < 4.78 is 10.6. The lowest BCUT2D eigenvalue weighted by Gasteiger charge is -2.31. The molecule has 0 saturated heterocycles. The van der Waals surface area contributed by atoms with E-state index in [2.05, 4.69) is 0 Å². The summed E-state index contributed by atoms with van der Waals surface area (Å²) in [5.41, 5.74) is 8.32. The van der Waals surface area contributed by atoms with E-state index < -0.39 is 0 Å². The van der Waals surface area contributed by atoms with Crippen molar-refractivity contribution in [3.63, 3.8) is 0 Å². The second kappa shape index (κ2) is 6.67. The van der Waals surface area contributed by atoms with Gasteiger partial charge < -0.3 is 15.2 Å². The van der Waals surface area contributed by atoms with E-state index in [9.17, 15) is 4.79 Å². The first-order chi connectivity index (χ1) is 10.7. The number of hydrogen-bond donors (Lipinski definition) is 1. The molecule has 22 heavy (non-hydrogen) atoms. The molecule has 1 aliphatic heterocycles. The van der Waals surface area contributed by atoms with Gasteiger partial charge in [0.25, 0.3) is 5.91 Å². The fourth-order valence-electron chi connectivity index (χ4n) is 3.46. The van der Waals surface area contributed by atoms with Crippen LogP contribution in [0.5, 0.6) is 5.75 Å². The van der Waals surface area contributed by atoms with Gasteiger partial charge in [-0.05, 0) is 36.5 Å². The fourth-order valence-corrected chi connectivity index (χ4v) is 3.46. The molecule has 5 heteroatoms. The quantitative estimate of drug-likeness (QED) is 0.928. The van der Waals surface area contributed by atoms with Crippen molar-refractivity contribution in [2.45, 2.75) is 38.1 Å². The highest BCUT2D eigenvalue weighted by Crippen LogP contribution is 2.38. The van der Waals surface area contributed by atoms with Crippen LogP contribution in [0.4, 0.5) is 5.69 Å². The smallest absolute Gasteiger partial charge is 0.266 e. The summed E-state index contributed by atoms with van der Waals surface area (Å²) in [6, 6.07) is 5.96. The van der Waals surface area contributed by atoms with Crippen LogP contribution < -0.4 is 15.4 Å². The summed E-state index contributed by atoms with van der Waals surface area (Å²) in [5.74, 6) is 1.16. The average Bonchev–Trinajstić information content (AvgIpc) is 2.57. The van der Waals surface area contributed by atoms with Crippen molar-refractivity contribution >= 4 is 11.6 Å². The van der Waals surface area contributed by atoms with Crippen molar-refractivity contribution in [3.8, 4) is 5.75 Å². The molecule has 0 aromatic heterocycles. The largest absolute Gasteiger partial charge is 0.482 e. The van der Waals surface area contributed by atoms with E-state index in [1.807, 2.05) is 18.2 Å². The molecule has 1 unspecified atom stereocenters. The SMILES string of the molecule is COCN1C(=O)COc2ccc(C(N)C3CCCCC3)cc21. The zero-order chi connectivity index (χ0) is 15.5. The Morgan fingerprint density at radius 3 is 2.86 bits per heavy atom. The molecule has 0 spiro atoms. The van der Waals surface area contributed by atoms with Crippen molar-refractivity contribution < 1.29 is 14.3 Å². The van der Waals surface area contributed by atoms with Crippen LogP contribution in [-0.2, 0) is 9.53 Å². The molecule has 1 aliphatic carbocycles. The number of carbonyl (C=O) groups is 1. The van der Waals surface area contributed by atoms with Crippen LogP contribution in [0.15, 0.2) is 18.2 Å². The van der Waals surface area contributed by atoms with E-state index in [-0.39, 0.29) is 25.3 Å². The second-order valence-electron chi connectivity index (χ2n) is 6.18. The maximum Gasteiger partial charge on any atom is 0.266 e. The van der Waals surface area contributed by atoms with Crippen LogP contribution >= 0.6 is 0 Å². The molecule has 5 nitrogen and oxygen atoms in total. The molecule has 1 heterocycles. The topological polar surface area (TPSA) is 64.8 Å². The Morgan fingerprint density at radius 1 is 1.36 bits per heavy atom. The van der Waals surface area contributed by atoms with E-state index in [1.54, 1.807) is 12.0 Å². The normalized spacial score (nSPS) is 20.5. The summed E-state index contributed by atoms with van der Waals surface area (Å²) in [5, 5.41) is 0. The van der Waals surface area contributed by atoms with Gasteiger partial charge in [0, 0.05) is 13.2 Å². The number of hydrogen-bond acceptors (Lipinski definition) is 4. The number of rotatable bonds is 4. The molecule has 3 rings (SSSR count). The number of amides is 1. The number of nitrogens with zero attached hydrogens (tertiary/aromatic N) is 1. The van der Waals surface area contributed by atoms with Gasteiger partial charge in [-0.2, -0.15) is 0 Å². The van der Waals surface area contributed by atoms with Crippen LogP contribution in [0.3, 0.4) is 0 Å². The first-order valence-electron chi connectivity index (χ1n) is 8.02. The van der Waals surface area contributed by atoms with Crippen molar-refractivity contribution in [1.82, 2.24) is 0 Å². The zero-order valence-corrected chi connectivity index (χ0v) is 13.1. The highest BCUT2D eigenvalue weighted by Gasteiger charge is 2.28. The molecule has 0 radical (unpaired) electrons. The summed E-state index contributed by atoms with van der Waals surface area (Å²) in [7, 11) is 1.58. The van der Waals surface area contributed by atoms with Crippen molar-refractivity contribution in [1.29, 1.82) is 0 Å². The van der Waals surface area contributed by atoms with Crippen LogP contribution in [-0.4, -0.2) is 26.4 Å². The van der Waals surface area contributed by atoms with Crippen LogP contribution in [0.25, 0.3) is 0 Å². The second-order valence-corrected chi connectivity index (χ2v) is 6.18. The number of methoxy groups -OCH3 is 1. The maximum atomic E-state index is 12.0. The monoisotopic (exact) mass is 304 g/mol. The molecule has 1 amide bonds. The van der Waals surface area contributed by atoms with Gasteiger partial charge in [0.05, 0.1) is 5.69 Å². The van der Waals surface area contributed by atoms with Gasteiger partial charge in [-0.3, -0.25) is 9.69 Å². The van der Waals surface area contributed by atoms with Gasteiger partial charge in [0.2, 0.25) is 0 Å². The fraction of sp³-hybridized carbons (Fsp3) is 0.588. The minimum atomic E-state index is -0.0854. The first kappa shape index (κ1) is 15.3. The zero-order valence-electron chi connectivity index (χ0n) is 13.1. The molecule has 1 aromatic rings. The highest BCUT2D eigenvalue weighted by atomic mass is 16.5. The molecular formula is C17H24N2O3. The van der Waals surface area contributed by atoms with E-state index in [0.717, 1.165) is 17.0 Å². The van der Waals surface area contributed by atoms with E-state index in [0.29, 0.717) is 5.92 Å². The third-order valence-electron chi connectivity index (χ3n) is 4.73. The molecule has 120 valence electrons. The lowest BCUT2D eigenvalue weighted by Crippen LogP contribution is -2.40. The minimum Gasteiger partial charge on any atom is -0.482 e. The number of benzene rings is 1. The molecule has 1 atom stereocenters. The Morgan fingerprint density at radius 2 is 2.14 bits per heavy atom. The van der Waals surface area contributed by atoms with Gasteiger partial charge >= 0.3 is 0 Å². The van der Waals surface area contributed by atoms with Gasteiger partial charge in [-0.25, -0.2) is 0 Å². The minimum absolute atomic E-state index is 0.0204. The summed E-state index contributed by atoms with van der Waals surface area (Å²) in [6.45, 7) is 0.293. The van der Waals surface area contributed by atoms with E-state index in [1.165, 1.54) is 32.1 Å². The number of fused-ring (bicyclic) bond motifs is 1. The Labute approximate surface area is 131 Å². The van der Waals surface area contributed by atoms with Crippen molar-refractivity contribution in [3.05, 3.63) is 23.8 Å². The predicted octanol–water partition coefficient (Wildman–Crippen LogP) is 2.60. The molecule has 1 aromatic carbocycles. The average molecular weight is 304 g/mol. The molecule has 1 fully saturated rings. The van der Waals surface area contributed by atoms with E-state index in [4.69, 9.17) is 15.2 Å². The van der Waals surface area contributed by atoms with Crippen LogP contribution in [0.1, 0.15) is 43.7 Å². The standard InChI is InChI=1S/C17H24N2O3/c1-21-11-19-14-9-13(7-8-15(14)22-10-16(19)20)17(18)12-5-3-2-4-6-12/h7-9,12,17H,2-6,10-11,18H2,1H3. The first-order valence-corrected chi connectivity index (χ1v) is 8.02.